The number of aliphatic imine (C=N–C) groups is 1. The Labute approximate surface area is 99.4 Å². The van der Waals surface area contributed by atoms with Crippen LogP contribution >= 0.6 is 11.8 Å². The first kappa shape index (κ1) is 11.7. The van der Waals surface area contributed by atoms with Gasteiger partial charge in [0, 0.05) is 12.3 Å². The molecule has 1 aliphatic carbocycles. The van der Waals surface area contributed by atoms with Crippen molar-refractivity contribution in [2.45, 2.75) is 12.1 Å². The largest absolute Gasteiger partial charge is 0.396 e. The molecule has 0 aromatic heterocycles. The second kappa shape index (κ2) is 5.52. The number of nitrogens with zero attached hydrogens (tertiary/aromatic N) is 2. The molecule has 16 heavy (non-hydrogen) atoms. The number of thioether (sulfide) groups is 1. The van der Waals surface area contributed by atoms with Gasteiger partial charge >= 0.3 is 0 Å². The van der Waals surface area contributed by atoms with E-state index < -0.39 is 0 Å². The number of aliphatic hydroxyl groups excluding tert-OH is 2. The van der Waals surface area contributed by atoms with Gasteiger partial charge in [0.15, 0.2) is 5.17 Å². The van der Waals surface area contributed by atoms with Crippen molar-refractivity contribution >= 4 is 16.9 Å². The predicted molar refractivity (Wildman–Crippen MR) is 66.6 cm³/mol. The molecule has 0 radical (unpaired) electrons. The van der Waals surface area contributed by atoms with Crippen molar-refractivity contribution in [3.05, 3.63) is 24.3 Å². The number of allylic oxidation sites excluding steroid dienone is 2. The maximum atomic E-state index is 9.06. The molecule has 2 atom stereocenters. The summed E-state index contributed by atoms with van der Waals surface area (Å²) in [6, 6.07) is 0.399. The molecular formula is C11H16N2O2S. The molecule has 88 valence electrons. The lowest BCUT2D eigenvalue weighted by atomic mass is 10.0. The summed E-state index contributed by atoms with van der Waals surface area (Å²) in [4.78, 5) is 6.70. The van der Waals surface area contributed by atoms with E-state index in [1.54, 1.807) is 11.8 Å². The Morgan fingerprint density at radius 1 is 1.25 bits per heavy atom. The fourth-order valence-electron chi connectivity index (χ4n) is 1.93. The molecule has 2 aliphatic rings. The Morgan fingerprint density at radius 2 is 2.06 bits per heavy atom. The Morgan fingerprint density at radius 3 is 2.81 bits per heavy atom. The minimum Gasteiger partial charge on any atom is -0.396 e. The van der Waals surface area contributed by atoms with Crippen LogP contribution in [0.3, 0.4) is 0 Å². The van der Waals surface area contributed by atoms with Gasteiger partial charge in [-0.05, 0) is 0 Å². The molecule has 0 saturated heterocycles. The van der Waals surface area contributed by atoms with E-state index in [2.05, 4.69) is 22.0 Å². The Bertz CT molecular complexity index is 328. The van der Waals surface area contributed by atoms with Gasteiger partial charge in [-0.1, -0.05) is 36.1 Å². The first-order chi connectivity index (χ1) is 7.86. The van der Waals surface area contributed by atoms with Crippen LogP contribution in [0, 0.1) is 0 Å². The highest BCUT2D eigenvalue weighted by Crippen LogP contribution is 2.27. The lowest BCUT2D eigenvalue weighted by Gasteiger charge is -2.27. The monoisotopic (exact) mass is 240 g/mol. The fourth-order valence-corrected chi connectivity index (χ4v) is 2.78. The van der Waals surface area contributed by atoms with Gasteiger partial charge < -0.3 is 15.1 Å². The van der Waals surface area contributed by atoms with E-state index in [9.17, 15) is 0 Å². The number of aliphatic hydroxyl groups is 2. The van der Waals surface area contributed by atoms with Crippen LogP contribution in [0.15, 0.2) is 29.3 Å². The second-order valence-corrected chi connectivity index (χ2v) is 4.71. The highest BCUT2D eigenvalue weighted by molar-refractivity contribution is 8.13. The van der Waals surface area contributed by atoms with Crippen molar-refractivity contribution in [3.8, 4) is 0 Å². The third kappa shape index (κ3) is 2.31. The van der Waals surface area contributed by atoms with Gasteiger partial charge in [-0.25, -0.2) is 0 Å². The summed E-state index contributed by atoms with van der Waals surface area (Å²) in [6.45, 7) is 0.869. The van der Waals surface area contributed by atoms with E-state index in [0.717, 1.165) is 5.17 Å². The minimum atomic E-state index is 0.124. The van der Waals surface area contributed by atoms with Crippen LogP contribution < -0.4 is 0 Å². The summed E-state index contributed by atoms with van der Waals surface area (Å²) < 4.78 is 0. The average molecular weight is 240 g/mol. The van der Waals surface area contributed by atoms with Crippen LogP contribution in [-0.4, -0.2) is 57.9 Å². The molecule has 1 heterocycles. The second-order valence-electron chi connectivity index (χ2n) is 3.65. The van der Waals surface area contributed by atoms with Crippen molar-refractivity contribution in [3.63, 3.8) is 0 Å². The SMILES string of the molecule is OCCSC1=NC2C=CC=CC2N1CCO. The summed E-state index contributed by atoms with van der Waals surface area (Å²) in [5.41, 5.74) is 0. The molecule has 1 aliphatic heterocycles. The van der Waals surface area contributed by atoms with Crippen molar-refractivity contribution in [1.82, 2.24) is 4.90 Å². The standard InChI is InChI=1S/C11H16N2O2S/c14-6-5-13-10-4-2-1-3-9(10)12-11(13)16-8-7-15/h1-4,9-10,14-15H,5-8H2. The molecule has 5 heteroatoms. The molecule has 2 unspecified atom stereocenters. The number of β-amino-alcohol motifs (C(OH)–C–C–N with tert-alkyl or cyclic N) is 1. The molecule has 0 saturated carbocycles. The third-order valence-electron chi connectivity index (χ3n) is 2.61. The fraction of sp³-hybridized carbons (Fsp3) is 0.545. The number of rotatable bonds is 4. The quantitative estimate of drug-likeness (QED) is 0.739. The zero-order chi connectivity index (χ0) is 11.4. The van der Waals surface area contributed by atoms with Gasteiger partial charge in [0.25, 0.3) is 0 Å². The van der Waals surface area contributed by atoms with Crippen molar-refractivity contribution in [2.75, 3.05) is 25.5 Å². The molecule has 0 bridgehead atoms. The highest BCUT2D eigenvalue weighted by Gasteiger charge is 2.33. The van der Waals surface area contributed by atoms with Gasteiger partial charge in [0.1, 0.15) is 0 Å². The lowest BCUT2D eigenvalue weighted by molar-refractivity contribution is 0.240. The summed E-state index contributed by atoms with van der Waals surface area (Å²) >= 11 is 1.55. The average Bonchev–Trinajstić information content (AvgIpc) is 2.66. The van der Waals surface area contributed by atoms with Crippen LogP contribution in [-0.2, 0) is 0 Å². The van der Waals surface area contributed by atoms with Crippen molar-refractivity contribution in [1.29, 1.82) is 0 Å². The van der Waals surface area contributed by atoms with Gasteiger partial charge in [-0.2, -0.15) is 0 Å². The van der Waals surface area contributed by atoms with E-state index in [1.807, 2.05) is 12.2 Å². The molecule has 4 nitrogen and oxygen atoms in total. The smallest absolute Gasteiger partial charge is 0.160 e. The van der Waals surface area contributed by atoms with Crippen LogP contribution in [0.25, 0.3) is 0 Å². The molecule has 2 N–H and O–H groups in total. The first-order valence-electron chi connectivity index (χ1n) is 5.41. The summed E-state index contributed by atoms with van der Waals surface area (Å²) in [5.74, 6) is 0.646. The van der Waals surface area contributed by atoms with Gasteiger partial charge in [0.2, 0.25) is 0 Å². The van der Waals surface area contributed by atoms with Crippen molar-refractivity contribution in [2.24, 2.45) is 4.99 Å². The maximum absolute atomic E-state index is 9.06. The van der Waals surface area contributed by atoms with E-state index >= 15 is 0 Å². The summed E-state index contributed by atoms with van der Waals surface area (Å²) in [5, 5.41) is 18.8. The van der Waals surface area contributed by atoms with E-state index in [0.29, 0.717) is 12.3 Å². The molecule has 0 spiro atoms. The number of fused-ring (bicyclic) bond motifs is 1. The van der Waals surface area contributed by atoms with Crippen LogP contribution in [0.2, 0.25) is 0 Å². The summed E-state index contributed by atoms with van der Waals surface area (Å²) in [6.07, 6.45) is 8.19. The van der Waals surface area contributed by atoms with E-state index in [1.165, 1.54) is 0 Å². The summed E-state index contributed by atoms with van der Waals surface area (Å²) in [7, 11) is 0. The maximum Gasteiger partial charge on any atom is 0.160 e. The molecule has 2 rings (SSSR count). The molecule has 0 fully saturated rings. The van der Waals surface area contributed by atoms with Crippen molar-refractivity contribution < 1.29 is 10.2 Å². The van der Waals surface area contributed by atoms with E-state index in [-0.39, 0.29) is 25.3 Å². The van der Waals surface area contributed by atoms with Crippen LogP contribution in [0.5, 0.6) is 0 Å². The Hall–Kier alpha value is -0.780. The predicted octanol–water partition coefficient (Wildman–Crippen LogP) is 0.239. The zero-order valence-electron chi connectivity index (χ0n) is 8.99. The third-order valence-corrected chi connectivity index (χ3v) is 3.59. The highest BCUT2D eigenvalue weighted by atomic mass is 32.2. The topological polar surface area (TPSA) is 56.1 Å². The lowest BCUT2D eigenvalue weighted by Crippen LogP contribution is -2.39. The normalized spacial score (nSPS) is 27.1. The number of amidine groups is 1. The first-order valence-corrected chi connectivity index (χ1v) is 6.39. The van der Waals surface area contributed by atoms with Gasteiger partial charge in [-0.3, -0.25) is 4.99 Å². The molecule has 0 amide bonds. The molecule has 0 aromatic carbocycles. The Kier molecular flexibility index (Phi) is 4.04. The molecular weight excluding hydrogens is 224 g/mol. The van der Waals surface area contributed by atoms with E-state index in [4.69, 9.17) is 10.2 Å². The Balaban J connectivity index is 2.08. The number of hydrogen-bond donors (Lipinski definition) is 2. The van der Waals surface area contributed by atoms with Gasteiger partial charge in [-0.15, -0.1) is 0 Å². The molecule has 0 aromatic rings. The number of hydrogen-bond acceptors (Lipinski definition) is 5. The van der Waals surface area contributed by atoms with Gasteiger partial charge in [0.05, 0.1) is 25.3 Å². The zero-order valence-corrected chi connectivity index (χ0v) is 9.81. The van der Waals surface area contributed by atoms with Crippen LogP contribution in [0.4, 0.5) is 0 Å². The van der Waals surface area contributed by atoms with Crippen LogP contribution in [0.1, 0.15) is 0 Å². The minimum absolute atomic E-state index is 0.124.